The number of aliphatic carboxylic acids is 2. The maximum Gasteiger partial charge on any atom is 0.328 e. The van der Waals surface area contributed by atoms with Crippen LogP contribution in [0.4, 0.5) is 0 Å². The van der Waals surface area contributed by atoms with Crippen molar-refractivity contribution < 1.29 is 30.0 Å². The van der Waals surface area contributed by atoms with Crippen LogP contribution in [0.5, 0.6) is 5.75 Å². The van der Waals surface area contributed by atoms with Crippen LogP contribution in [-0.2, 0) is 9.59 Å². The summed E-state index contributed by atoms with van der Waals surface area (Å²) < 4.78 is 0. The number of carboxylic acid groups (broad SMARTS) is 2. The van der Waals surface area contributed by atoms with E-state index < -0.39 is 18.0 Å². The number of aromatic hydroxyl groups is 1. The summed E-state index contributed by atoms with van der Waals surface area (Å²) in [6.45, 7) is 4.97. The van der Waals surface area contributed by atoms with Crippen molar-refractivity contribution in [2.24, 2.45) is 5.41 Å². The van der Waals surface area contributed by atoms with Gasteiger partial charge in [0, 0.05) is 36.2 Å². The van der Waals surface area contributed by atoms with Gasteiger partial charge in [0.1, 0.15) is 5.75 Å². The first-order valence-corrected chi connectivity index (χ1v) is 12.4. The van der Waals surface area contributed by atoms with Crippen molar-refractivity contribution in [3.8, 4) is 5.75 Å². The van der Waals surface area contributed by atoms with E-state index in [0.717, 1.165) is 19.3 Å². The maximum absolute atomic E-state index is 11.6. The number of aromatic amines is 1. The van der Waals surface area contributed by atoms with E-state index >= 15 is 0 Å². The molecule has 0 spiro atoms. The van der Waals surface area contributed by atoms with Crippen molar-refractivity contribution >= 4 is 22.8 Å². The molecule has 37 heavy (non-hydrogen) atoms. The molecule has 1 saturated carbocycles. The Morgan fingerprint density at radius 3 is 2.35 bits per heavy atom. The number of nitrogens with one attached hydrogen (secondary N) is 2. The number of allylic oxidation sites excluding steroid dienone is 2. The number of aromatic nitrogens is 1. The van der Waals surface area contributed by atoms with E-state index in [0.29, 0.717) is 46.6 Å². The van der Waals surface area contributed by atoms with Gasteiger partial charge in [0.25, 0.3) is 0 Å². The number of H-pyrrole nitrogens is 1. The predicted octanol–water partition coefficient (Wildman–Crippen LogP) is 3.79. The van der Waals surface area contributed by atoms with Crippen molar-refractivity contribution in [2.45, 2.75) is 58.1 Å². The van der Waals surface area contributed by atoms with Crippen molar-refractivity contribution in [3.63, 3.8) is 0 Å². The number of carboxylic acids is 2. The number of aliphatic hydroxyl groups excluding tert-OH is 1. The van der Waals surface area contributed by atoms with Crippen LogP contribution in [0.3, 0.4) is 0 Å². The van der Waals surface area contributed by atoms with Crippen LogP contribution in [0.2, 0.25) is 0 Å². The van der Waals surface area contributed by atoms with E-state index in [4.69, 9.17) is 10.2 Å². The highest BCUT2D eigenvalue weighted by atomic mass is 16.4. The number of carbonyl (C=O) groups is 2. The number of pyridine rings is 1. The lowest BCUT2D eigenvalue weighted by molar-refractivity contribution is -0.134. The molecule has 198 valence electrons. The highest BCUT2D eigenvalue weighted by Crippen LogP contribution is 2.44. The summed E-state index contributed by atoms with van der Waals surface area (Å²) in [6, 6.07) is 6.64. The van der Waals surface area contributed by atoms with Gasteiger partial charge in [-0.05, 0) is 66.4 Å². The van der Waals surface area contributed by atoms with Gasteiger partial charge >= 0.3 is 11.9 Å². The van der Waals surface area contributed by atoms with E-state index in [1.165, 1.54) is 36.1 Å². The quantitative estimate of drug-likeness (QED) is 0.293. The lowest BCUT2D eigenvalue weighted by Gasteiger charge is -2.31. The molecule has 9 heteroatoms. The van der Waals surface area contributed by atoms with Crippen LogP contribution in [-0.4, -0.2) is 49.9 Å². The van der Waals surface area contributed by atoms with Gasteiger partial charge in [-0.1, -0.05) is 32.1 Å². The number of phenols is 1. The Bertz CT molecular complexity index is 1290. The van der Waals surface area contributed by atoms with Gasteiger partial charge in [-0.15, -0.1) is 0 Å². The van der Waals surface area contributed by atoms with Crippen molar-refractivity contribution in [2.75, 3.05) is 6.54 Å². The van der Waals surface area contributed by atoms with Crippen LogP contribution >= 0.6 is 0 Å². The molecule has 1 aromatic carbocycles. The molecular formula is C28H34N2O7. The second kappa shape index (κ2) is 12.0. The molecule has 0 amide bonds. The third-order valence-corrected chi connectivity index (χ3v) is 7.22. The Labute approximate surface area is 214 Å². The third-order valence-electron chi connectivity index (χ3n) is 7.22. The highest BCUT2D eigenvalue weighted by Gasteiger charge is 2.32. The molecule has 0 aliphatic heterocycles. The maximum atomic E-state index is 11.6. The summed E-state index contributed by atoms with van der Waals surface area (Å²) in [6.07, 6.45) is 10.8. The van der Waals surface area contributed by atoms with Gasteiger partial charge in [-0.25, -0.2) is 9.59 Å². The van der Waals surface area contributed by atoms with Crippen molar-refractivity contribution in [1.29, 1.82) is 0 Å². The Morgan fingerprint density at radius 1 is 1.08 bits per heavy atom. The fraction of sp³-hybridized carbons (Fsp3) is 0.393. The first-order chi connectivity index (χ1) is 17.6. The fourth-order valence-electron chi connectivity index (χ4n) is 4.95. The summed E-state index contributed by atoms with van der Waals surface area (Å²) in [5, 5.41) is 40.6. The molecule has 2 atom stereocenters. The summed E-state index contributed by atoms with van der Waals surface area (Å²) in [5.74, 6) is -2.50. The van der Waals surface area contributed by atoms with Crippen LogP contribution in [0.1, 0.15) is 57.6 Å². The molecule has 2 aromatic rings. The second-order valence-electron chi connectivity index (χ2n) is 9.50. The first-order valence-electron chi connectivity index (χ1n) is 12.4. The molecule has 2 aliphatic carbocycles. The van der Waals surface area contributed by atoms with Gasteiger partial charge in [-0.3, -0.25) is 4.79 Å². The minimum absolute atomic E-state index is 0.00989. The summed E-state index contributed by atoms with van der Waals surface area (Å²) >= 11 is 0. The average Bonchev–Trinajstić information content (AvgIpc) is 3.28. The Kier molecular flexibility index (Phi) is 9.07. The third kappa shape index (κ3) is 6.96. The minimum atomic E-state index is -1.26. The molecule has 1 aromatic heterocycles. The van der Waals surface area contributed by atoms with E-state index in [-0.39, 0.29) is 11.3 Å². The Morgan fingerprint density at radius 2 is 1.73 bits per heavy atom. The molecular weight excluding hydrogens is 476 g/mol. The molecule has 0 saturated heterocycles. The number of benzene rings is 1. The zero-order valence-electron chi connectivity index (χ0n) is 21.0. The average molecular weight is 511 g/mol. The van der Waals surface area contributed by atoms with E-state index in [1.54, 1.807) is 12.1 Å². The summed E-state index contributed by atoms with van der Waals surface area (Å²) in [7, 11) is 0. The van der Waals surface area contributed by atoms with Gasteiger partial charge in [0.05, 0.1) is 11.6 Å². The van der Waals surface area contributed by atoms with Crippen LogP contribution in [0.15, 0.2) is 64.5 Å². The van der Waals surface area contributed by atoms with E-state index in [9.17, 15) is 24.6 Å². The Hall–Kier alpha value is -3.69. The highest BCUT2D eigenvalue weighted by molar-refractivity contribution is 5.89. The number of phenolic OH excluding ortho intramolecular Hbond substituents is 1. The van der Waals surface area contributed by atoms with Gasteiger partial charge in [0.2, 0.25) is 5.56 Å². The van der Waals surface area contributed by atoms with Crippen LogP contribution < -0.4 is 10.9 Å². The van der Waals surface area contributed by atoms with E-state index in [2.05, 4.69) is 36.3 Å². The number of hydrogen-bond donors (Lipinski definition) is 6. The lowest BCUT2D eigenvalue weighted by atomic mass is 9.74. The normalized spacial score (nSPS) is 18.9. The molecule has 0 radical (unpaired) electrons. The molecule has 1 fully saturated rings. The molecule has 9 nitrogen and oxygen atoms in total. The van der Waals surface area contributed by atoms with E-state index in [1.807, 2.05) is 0 Å². The Balaban J connectivity index is 0.000000414. The number of rotatable bonds is 8. The standard InChI is InChI=1S/C24H30N2O3.C4H4O4/c1-3-24(4-2)10-9-15-11-17(12-16(15)13-24)25-14-21(28)18-5-7-20(27)23-19(18)6-8-22(29)26-23;5-3(6)1-2-4(7)8/h5-9,13,17,21,25,27-28H,3-4,10-12,14H2,1-2H3,(H,26,29);1-2H,(H,5,6)(H,7,8)/b;2-1-. The smallest absolute Gasteiger partial charge is 0.328 e. The van der Waals surface area contributed by atoms with Crippen molar-refractivity contribution in [1.82, 2.24) is 10.3 Å². The summed E-state index contributed by atoms with van der Waals surface area (Å²) in [5.41, 5.74) is 4.04. The van der Waals surface area contributed by atoms with Crippen LogP contribution in [0.25, 0.3) is 10.9 Å². The molecule has 1 heterocycles. The number of fused-ring (bicyclic) bond motifs is 2. The SMILES string of the molecule is CCC1(CC)C=C2CC(NCC(O)c3ccc(O)c4[nH]c(=O)ccc34)CC2=CC1.O=C(O)/C=C\C(=O)O. The lowest BCUT2D eigenvalue weighted by Crippen LogP contribution is -2.30. The number of aliphatic hydroxyl groups is 1. The molecule has 6 N–H and O–H groups in total. The summed E-state index contributed by atoms with van der Waals surface area (Å²) in [4.78, 5) is 33.3. The van der Waals surface area contributed by atoms with Gasteiger partial charge < -0.3 is 30.7 Å². The van der Waals surface area contributed by atoms with Gasteiger partial charge in [0.15, 0.2) is 0 Å². The first kappa shape index (κ1) is 27.9. The largest absolute Gasteiger partial charge is 0.506 e. The van der Waals surface area contributed by atoms with Gasteiger partial charge in [-0.2, -0.15) is 0 Å². The van der Waals surface area contributed by atoms with Crippen LogP contribution in [0, 0.1) is 5.41 Å². The molecule has 2 aliphatic rings. The number of hydrogen-bond acceptors (Lipinski definition) is 6. The zero-order chi connectivity index (χ0) is 27.2. The topological polar surface area (TPSA) is 160 Å². The molecule has 2 unspecified atom stereocenters. The predicted molar refractivity (Wildman–Crippen MR) is 140 cm³/mol. The monoisotopic (exact) mass is 510 g/mol. The fourth-order valence-corrected chi connectivity index (χ4v) is 4.95. The zero-order valence-corrected chi connectivity index (χ0v) is 21.0. The minimum Gasteiger partial charge on any atom is -0.506 e. The second-order valence-corrected chi connectivity index (χ2v) is 9.50. The molecule has 4 rings (SSSR count). The molecule has 0 bridgehead atoms. The van der Waals surface area contributed by atoms with Crippen molar-refractivity contribution in [3.05, 3.63) is 75.6 Å².